The molecule has 3 nitrogen and oxygen atoms in total. The molecule has 0 fully saturated rings. The van der Waals surface area contributed by atoms with E-state index >= 15 is 0 Å². The highest BCUT2D eigenvalue weighted by atomic mass is 16.3. The highest BCUT2D eigenvalue weighted by molar-refractivity contribution is 5.73. The molecule has 0 radical (unpaired) electrons. The molecule has 3 heteroatoms. The number of phenols is 1. The monoisotopic (exact) mass is 217 g/mol. The molecule has 1 rings (SSSR count). The number of hydrogen-bond acceptors (Lipinski definition) is 2. The summed E-state index contributed by atoms with van der Waals surface area (Å²) >= 11 is 0. The lowest BCUT2D eigenvalue weighted by atomic mass is 10.1. The molecule has 0 unspecified atom stereocenters. The second kappa shape index (κ2) is 5.22. The van der Waals surface area contributed by atoms with Crippen LogP contribution < -0.4 is 5.32 Å². The molecule has 0 heterocycles. The molecule has 2 N–H and O–H groups in total. The van der Waals surface area contributed by atoms with E-state index in [0.29, 0.717) is 12.3 Å². The number of aromatic hydroxyl groups is 1. The van der Waals surface area contributed by atoms with E-state index in [1.165, 1.54) is 6.92 Å². The number of carbonyl (C=O) groups excluding carboxylic acids is 1. The van der Waals surface area contributed by atoms with E-state index in [1.54, 1.807) is 0 Å². The fourth-order valence-corrected chi connectivity index (χ4v) is 1.34. The van der Waals surface area contributed by atoms with Crippen LogP contribution in [0.2, 0.25) is 0 Å². The van der Waals surface area contributed by atoms with E-state index in [0.717, 1.165) is 16.7 Å². The minimum absolute atomic E-state index is 0.0904. The van der Waals surface area contributed by atoms with Crippen LogP contribution >= 0.6 is 0 Å². The molecule has 0 saturated carbocycles. The zero-order valence-electron chi connectivity index (χ0n) is 9.72. The van der Waals surface area contributed by atoms with Gasteiger partial charge in [0.25, 0.3) is 0 Å². The van der Waals surface area contributed by atoms with Gasteiger partial charge in [-0.05, 0) is 37.1 Å². The van der Waals surface area contributed by atoms with Gasteiger partial charge in [0.15, 0.2) is 0 Å². The summed E-state index contributed by atoms with van der Waals surface area (Å²) in [5, 5.41) is 12.2. The van der Waals surface area contributed by atoms with Gasteiger partial charge in [-0.2, -0.15) is 0 Å². The Morgan fingerprint density at radius 1 is 1.38 bits per heavy atom. The fourth-order valence-electron chi connectivity index (χ4n) is 1.34. The number of amides is 1. The van der Waals surface area contributed by atoms with Gasteiger partial charge in [-0.25, -0.2) is 0 Å². The summed E-state index contributed by atoms with van der Waals surface area (Å²) < 4.78 is 0. The van der Waals surface area contributed by atoms with E-state index in [9.17, 15) is 9.90 Å². The molecule has 0 aliphatic rings. The highest BCUT2D eigenvalue weighted by Gasteiger charge is 2.00. The third-order valence-corrected chi connectivity index (χ3v) is 2.15. The fraction of sp³-hybridized carbons (Fsp3) is 0.308. The Balaban J connectivity index is 2.78. The summed E-state index contributed by atoms with van der Waals surface area (Å²) in [5.41, 5.74) is 2.46. The third kappa shape index (κ3) is 3.32. The number of nitrogens with one attached hydrogen (secondary N) is 1. The molecule has 0 spiro atoms. The lowest BCUT2D eigenvalue weighted by Crippen LogP contribution is -2.19. The molecule has 16 heavy (non-hydrogen) atoms. The first-order chi connectivity index (χ1) is 7.50. The Labute approximate surface area is 95.5 Å². The second-order valence-corrected chi connectivity index (χ2v) is 3.67. The predicted octanol–water partition coefficient (Wildman–Crippen LogP) is 1.50. The van der Waals surface area contributed by atoms with Crippen molar-refractivity contribution in [1.82, 2.24) is 5.32 Å². The molecular formula is C13H15NO2. The molecule has 0 bridgehead atoms. The Morgan fingerprint density at radius 3 is 2.44 bits per heavy atom. The van der Waals surface area contributed by atoms with E-state index in [2.05, 4.69) is 17.2 Å². The number of phenolic OH excluding ortho intramolecular Hbond substituents is 1. The SMILES string of the molecule is CC(=O)NCC#Cc1cc(C)c(O)c(C)c1. The zero-order valence-corrected chi connectivity index (χ0v) is 9.72. The van der Waals surface area contributed by atoms with Gasteiger partial charge >= 0.3 is 0 Å². The van der Waals surface area contributed by atoms with Crippen LogP contribution in [0.3, 0.4) is 0 Å². The lowest BCUT2D eigenvalue weighted by Gasteiger charge is -2.03. The van der Waals surface area contributed by atoms with Gasteiger partial charge in [0, 0.05) is 12.5 Å². The number of rotatable bonds is 1. The minimum Gasteiger partial charge on any atom is -0.507 e. The first kappa shape index (κ1) is 12.1. The van der Waals surface area contributed by atoms with Gasteiger partial charge in [-0.1, -0.05) is 11.8 Å². The summed E-state index contributed by atoms with van der Waals surface area (Å²) in [7, 11) is 0. The van der Waals surface area contributed by atoms with Crippen LogP contribution in [0, 0.1) is 25.7 Å². The van der Waals surface area contributed by atoms with Crippen molar-refractivity contribution in [2.24, 2.45) is 0 Å². The van der Waals surface area contributed by atoms with Crippen molar-refractivity contribution in [2.45, 2.75) is 20.8 Å². The van der Waals surface area contributed by atoms with Gasteiger partial charge in [0.2, 0.25) is 5.91 Å². The summed E-state index contributed by atoms with van der Waals surface area (Å²) in [6, 6.07) is 3.65. The molecule has 84 valence electrons. The highest BCUT2D eigenvalue weighted by Crippen LogP contribution is 2.22. The molecule has 1 amide bonds. The standard InChI is InChI=1S/C13H15NO2/c1-9-7-12(8-10(2)13(9)16)5-4-6-14-11(3)15/h7-8,16H,6H2,1-3H3,(H,14,15). The Kier molecular flexibility index (Phi) is 3.96. The average Bonchev–Trinajstić information content (AvgIpc) is 2.20. The molecule has 0 atom stereocenters. The second-order valence-electron chi connectivity index (χ2n) is 3.67. The Hall–Kier alpha value is -1.95. The van der Waals surface area contributed by atoms with Crippen molar-refractivity contribution in [3.05, 3.63) is 28.8 Å². The smallest absolute Gasteiger partial charge is 0.217 e. The van der Waals surface area contributed by atoms with Crippen molar-refractivity contribution in [1.29, 1.82) is 0 Å². The third-order valence-electron chi connectivity index (χ3n) is 2.15. The maximum Gasteiger partial charge on any atom is 0.217 e. The zero-order chi connectivity index (χ0) is 12.1. The number of carbonyl (C=O) groups is 1. The maximum atomic E-state index is 10.6. The van der Waals surface area contributed by atoms with E-state index in [-0.39, 0.29) is 5.91 Å². The van der Waals surface area contributed by atoms with E-state index < -0.39 is 0 Å². The normalized spacial score (nSPS) is 9.19. The van der Waals surface area contributed by atoms with E-state index in [4.69, 9.17) is 0 Å². The van der Waals surface area contributed by atoms with Crippen LogP contribution in [0.25, 0.3) is 0 Å². The summed E-state index contributed by atoms with van der Waals surface area (Å²) in [6.45, 7) is 5.47. The quantitative estimate of drug-likeness (QED) is 0.700. The lowest BCUT2D eigenvalue weighted by molar-refractivity contribution is -0.118. The van der Waals surface area contributed by atoms with Crippen molar-refractivity contribution >= 4 is 5.91 Å². The molecule has 0 saturated heterocycles. The molecule has 0 aliphatic carbocycles. The van der Waals surface area contributed by atoms with Crippen molar-refractivity contribution in [3.8, 4) is 17.6 Å². The summed E-state index contributed by atoms with van der Waals surface area (Å²) in [5.74, 6) is 6.00. The van der Waals surface area contributed by atoms with Gasteiger partial charge in [0.05, 0.1) is 6.54 Å². The average molecular weight is 217 g/mol. The number of aryl methyl sites for hydroxylation is 2. The maximum absolute atomic E-state index is 10.6. The Bertz CT molecular complexity index is 444. The van der Waals surface area contributed by atoms with Crippen molar-refractivity contribution in [3.63, 3.8) is 0 Å². The van der Waals surface area contributed by atoms with Crippen LogP contribution in [0.5, 0.6) is 5.75 Å². The predicted molar refractivity (Wildman–Crippen MR) is 63.1 cm³/mol. The topological polar surface area (TPSA) is 49.3 Å². The van der Waals surface area contributed by atoms with Gasteiger partial charge in [-0.15, -0.1) is 0 Å². The van der Waals surface area contributed by atoms with Gasteiger partial charge in [-0.3, -0.25) is 4.79 Å². The van der Waals surface area contributed by atoms with E-state index in [1.807, 2.05) is 26.0 Å². The molecule has 0 aliphatic heterocycles. The Morgan fingerprint density at radius 2 is 1.94 bits per heavy atom. The van der Waals surface area contributed by atoms with Crippen LogP contribution in [-0.4, -0.2) is 17.6 Å². The van der Waals surface area contributed by atoms with Crippen LogP contribution in [0.4, 0.5) is 0 Å². The minimum atomic E-state index is -0.0904. The first-order valence-corrected chi connectivity index (χ1v) is 5.04. The largest absolute Gasteiger partial charge is 0.507 e. The number of benzene rings is 1. The van der Waals surface area contributed by atoms with Crippen LogP contribution in [0.15, 0.2) is 12.1 Å². The van der Waals surface area contributed by atoms with Gasteiger partial charge in [0.1, 0.15) is 5.75 Å². The van der Waals surface area contributed by atoms with Crippen molar-refractivity contribution in [2.75, 3.05) is 6.54 Å². The van der Waals surface area contributed by atoms with Crippen LogP contribution in [-0.2, 0) is 4.79 Å². The first-order valence-electron chi connectivity index (χ1n) is 5.04. The molecule has 1 aromatic rings. The summed E-state index contributed by atoms with van der Waals surface area (Å²) in [4.78, 5) is 10.6. The molecule has 1 aromatic carbocycles. The summed E-state index contributed by atoms with van der Waals surface area (Å²) in [6.07, 6.45) is 0. The van der Waals surface area contributed by atoms with Crippen molar-refractivity contribution < 1.29 is 9.90 Å². The molecular weight excluding hydrogens is 202 g/mol. The van der Waals surface area contributed by atoms with Crippen LogP contribution in [0.1, 0.15) is 23.6 Å². The number of hydrogen-bond donors (Lipinski definition) is 2. The van der Waals surface area contributed by atoms with Gasteiger partial charge < -0.3 is 10.4 Å². The molecule has 0 aromatic heterocycles.